The van der Waals surface area contributed by atoms with Gasteiger partial charge in [-0.3, -0.25) is 0 Å². The van der Waals surface area contributed by atoms with E-state index in [0.717, 1.165) is 22.7 Å². The molecule has 0 amide bonds. The molecule has 0 bridgehead atoms. The van der Waals surface area contributed by atoms with Crippen molar-refractivity contribution in [1.82, 2.24) is 0 Å². The Balaban J connectivity index is 1.36. The molecule has 0 heterocycles. The molecule has 0 atom stereocenters. The van der Waals surface area contributed by atoms with E-state index in [0.29, 0.717) is 24.7 Å². The molecule has 0 unspecified atom stereocenters. The summed E-state index contributed by atoms with van der Waals surface area (Å²) >= 11 is 0. The van der Waals surface area contributed by atoms with Crippen molar-refractivity contribution >= 4 is 22.7 Å². The first-order chi connectivity index (χ1) is 16.3. The highest BCUT2D eigenvalue weighted by Crippen LogP contribution is 2.23. The summed E-state index contributed by atoms with van der Waals surface area (Å²) in [7, 11) is 0. The Bertz CT molecular complexity index is 999. The second kappa shape index (κ2) is 11.6. The molecule has 0 aliphatic heterocycles. The van der Waals surface area contributed by atoms with Gasteiger partial charge < -0.3 is 24.8 Å². The minimum atomic E-state index is -0.564. The number of hydrogen-bond donors (Lipinski definition) is 2. The molecule has 5 heteroatoms. The summed E-state index contributed by atoms with van der Waals surface area (Å²) in [6, 6.07) is 35.7. The lowest BCUT2D eigenvalue weighted by molar-refractivity contribution is -0.0575. The quantitative estimate of drug-likeness (QED) is 0.246. The van der Waals surface area contributed by atoms with E-state index < -0.39 is 6.29 Å². The zero-order valence-electron chi connectivity index (χ0n) is 18.6. The van der Waals surface area contributed by atoms with E-state index in [9.17, 15) is 0 Å². The van der Waals surface area contributed by atoms with E-state index in [-0.39, 0.29) is 0 Å². The molecule has 4 aromatic rings. The van der Waals surface area contributed by atoms with Gasteiger partial charge in [0.05, 0.1) is 0 Å². The third-order valence-corrected chi connectivity index (χ3v) is 4.83. The van der Waals surface area contributed by atoms with Crippen LogP contribution < -0.4 is 20.1 Å². The van der Waals surface area contributed by atoms with Crippen LogP contribution in [0.2, 0.25) is 0 Å². The van der Waals surface area contributed by atoms with E-state index in [4.69, 9.17) is 14.2 Å². The zero-order chi connectivity index (χ0) is 22.7. The van der Waals surface area contributed by atoms with Crippen LogP contribution in [0.3, 0.4) is 0 Å². The fourth-order valence-corrected chi connectivity index (χ4v) is 3.22. The van der Waals surface area contributed by atoms with Gasteiger partial charge in [0.15, 0.2) is 0 Å². The normalized spacial score (nSPS) is 10.6. The van der Waals surface area contributed by atoms with Crippen molar-refractivity contribution in [3.05, 3.63) is 109 Å². The van der Waals surface area contributed by atoms with E-state index in [2.05, 4.69) is 10.6 Å². The molecule has 168 valence electrons. The number of anilines is 4. The van der Waals surface area contributed by atoms with Crippen LogP contribution in [0.4, 0.5) is 22.7 Å². The van der Waals surface area contributed by atoms with Crippen LogP contribution in [0.1, 0.15) is 6.92 Å². The molecular weight excluding hydrogens is 412 g/mol. The van der Waals surface area contributed by atoms with Crippen LogP contribution in [-0.4, -0.2) is 19.5 Å². The van der Waals surface area contributed by atoms with Crippen LogP contribution in [0, 0.1) is 0 Å². The largest absolute Gasteiger partial charge is 0.452 e. The maximum absolute atomic E-state index is 6.06. The van der Waals surface area contributed by atoms with E-state index >= 15 is 0 Å². The highest BCUT2D eigenvalue weighted by molar-refractivity contribution is 5.61. The average molecular weight is 441 g/mol. The molecule has 33 heavy (non-hydrogen) atoms. The van der Waals surface area contributed by atoms with Crippen molar-refractivity contribution in [2.75, 3.05) is 23.8 Å². The summed E-state index contributed by atoms with van der Waals surface area (Å²) in [5, 5.41) is 6.73. The number of ether oxygens (including phenoxy) is 3. The Morgan fingerprint density at radius 1 is 0.545 bits per heavy atom. The summed E-state index contributed by atoms with van der Waals surface area (Å²) in [4.78, 5) is 0. The van der Waals surface area contributed by atoms with Crippen LogP contribution in [-0.2, 0) is 4.74 Å². The maximum atomic E-state index is 6.06. The molecule has 4 rings (SSSR count). The summed E-state index contributed by atoms with van der Waals surface area (Å²) < 4.78 is 17.7. The smallest absolute Gasteiger partial charge is 0.264 e. The van der Waals surface area contributed by atoms with Crippen molar-refractivity contribution in [2.45, 2.75) is 13.2 Å². The van der Waals surface area contributed by atoms with E-state index in [1.165, 1.54) is 0 Å². The van der Waals surface area contributed by atoms with Crippen LogP contribution in [0.5, 0.6) is 11.5 Å². The average Bonchev–Trinajstić information content (AvgIpc) is 2.86. The molecule has 0 aliphatic carbocycles. The Labute approximate surface area is 195 Å². The number of rotatable bonds is 11. The predicted molar refractivity (Wildman–Crippen MR) is 134 cm³/mol. The molecular formula is C28H28N2O3. The number of nitrogens with one attached hydrogen (secondary N) is 2. The first kappa shape index (κ1) is 22.2. The molecule has 4 aromatic carbocycles. The number of hydrogen-bond acceptors (Lipinski definition) is 5. The van der Waals surface area contributed by atoms with Gasteiger partial charge in [-0.05, 0) is 79.7 Å². The van der Waals surface area contributed by atoms with Gasteiger partial charge in [-0.2, -0.15) is 0 Å². The molecule has 0 saturated carbocycles. The lowest BCUT2D eigenvalue weighted by atomic mass is 10.2. The van der Waals surface area contributed by atoms with Crippen LogP contribution in [0.15, 0.2) is 109 Å². The molecule has 5 nitrogen and oxygen atoms in total. The third-order valence-electron chi connectivity index (χ3n) is 4.83. The van der Waals surface area contributed by atoms with Gasteiger partial charge in [-0.1, -0.05) is 36.4 Å². The van der Waals surface area contributed by atoms with Gasteiger partial charge in [0.2, 0.25) is 0 Å². The summed E-state index contributed by atoms with van der Waals surface area (Å²) in [6.45, 7) is 2.86. The van der Waals surface area contributed by atoms with E-state index in [1.807, 2.05) is 116 Å². The maximum Gasteiger partial charge on any atom is 0.264 e. The second-order valence-corrected chi connectivity index (χ2v) is 7.36. The van der Waals surface area contributed by atoms with E-state index in [1.54, 1.807) is 0 Å². The number of benzene rings is 4. The van der Waals surface area contributed by atoms with Gasteiger partial charge in [0.1, 0.15) is 18.1 Å². The second-order valence-electron chi connectivity index (χ2n) is 7.36. The van der Waals surface area contributed by atoms with Gasteiger partial charge in [0, 0.05) is 29.4 Å². The third kappa shape index (κ3) is 7.02. The van der Waals surface area contributed by atoms with Crippen molar-refractivity contribution in [3.63, 3.8) is 0 Å². The van der Waals surface area contributed by atoms with Crippen molar-refractivity contribution < 1.29 is 14.2 Å². The van der Waals surface area contributed by atoms with Crippen molar-refractivity contribution in [1.29, 1.82) is 0 Å². The molecule has 0 saturated heterocycles. The highest BCUT2D eigenvalue weighted by Gasteiger charge is 2.13. The summed E-state index contributed by atoms with van der Waals surface area (Å²) in [5.41, 5.74) is 4.04. The first-order valence-electron chi connectivity index (χ1n) is 11.0. The van der Waals surface area contributed by atoms with Gasteiger partial charge >= 0.3 is 0 Å². The SMILES string of the molecule is CCOCC(Oc1ccc(Nc2ccccc2)cc1)Oc1ccc(Nc2ccccc2)cc1. The predicted octanol–water partition coefficient (Wildman–Crippen LogP) is 6.99. The number of para-hydroxylation sites is 2. The molecule has 0 aliphatic rings. The topological polar surface area (TPSA) is 51.8 Å². The van der Waals surface area contributed by atoms with Gasteiger partial charge in [-0.15, -0.1) is 0 Å². The summed E-state index contributed by atoms with van der Waals surface area (Å²) in [6.07, 6.45) is -0.564. The molecule has 0 spiro atoms. The fraction of sp³-hybridized carbons (Fsp3) is 0.143. The first-order valence-corrected chi connectivity index (χ1v) is 11.0. The lowest BCUT2D eigenvalue weighted by Gasteiger charge is -2.21. The Kier molecular flexibility index (Phi) is 7.82. The minimum absolute atomic E-state index is 0.324. The summed E-state index contributed by atoms with van der Waals surface area (Å²) in [5.74, 6) is 1.42. The molecule has 2 N–H and O–H groups in total. The zero-order valence-corrected chi connectivity index (χ0v) is 18.6. The fourth-order valence-electron chi connectivity index (χ4n) is 3.22. The highest BCUT2D eigenvalue weighted by atomic mass is 16.7. The van der Waals surface area contributed by atoms with Crippen molar-refractivity contribution in [3.8, 4) is 11.5 Å². The monoisotopic (exact) mass is 440 g/mol. The molecule has 0 fully saturated rings. The van der Waals surface area contributed by atoms with Crippen LogP contribution >= 0.6 is 0 Å². The molecule has 0 aromatic heterocycles. The van der Waals surface area contributed by atoms with Crippen LogP contribution in [0.25, 0.3) is 0 Å². The molecule has 0 radical (unpaired) electrons. The Morgan fingerprint density at radius 3 is 1.33 bits per heavy atom. The standard InChI is InChI=1S/C28H28N2O3/c1-2-31-21-28(32-26-17-13-24(14-18-26)29-22-9-5-3-6-10-22)33-27-19-15-25(16-20-27)30-23-11-7-4-8-12-23/h3-20,28-30H,2,21H2,1H3. The van der Waals surface area contributed by atoms with Gasteiger partial charge in [0.25, 0.3) is 6.29 Å². The van der Waals surface area contributed by atoms with Crippen molar-refractivity contribution in [2.24, 2.45) is 0 Å². The lowest BCUT2D eigenvalue weighted by Crippen LogP contribution is -2.29. The Hall–Kier alpha value is -3.96. The minimum Gasteiger partial charge on any atom is -0.452 e. The Morgan fingerprint density at radius 2 is 0.939 bits per heavy atom. The van der Waals surface area contributed by atoms with Gasteiger partial charge in [-0.25, -0.2) is 0 Å².